The lowest BCUT2D eigenvalue weighted by Crippen LogP contribution is -2.46. The minimum Gasteiger partial charge on any atom is -0.377 e. The normalized spacial score (nSPS) is 27.7. The Morgan fingerprint density at radius 2 is 2.23 bits per heavy atom. The molecule has 1 aromatic carbocycles. The number of amides is 1. The summed E-state index contributed by atoms with van der Waals surface area (Å²) in [7, 11) is 1.71. The Morgan fingerprint density at radius 1 is 1.41 bits per heavy atom. The number of hydrogen-bond donors (Lipinski definition) is 0. The number of halogens is 1. The summed E-state index contributed by atoms with van der Waals surface area (Å²) in [6.45, 7) is 1.25. The standard InChI is InChI=1S/C17H22ClNO3/c1-21-17-14-7-8-15(17)22-11-10-19(14)16(20)9-6-12-4-2-3-5-13(12)18/h2-5,14-15,17H,6-11H2,1H3. The smallest absolute Gasteiger partial charge is 0.223 e. The number of hydrogen-bond acceptors (Lipinski definition) is 3. The summed E-state index contributed by atoms with van der Waals surface area (Å²) < 4.78 is 11.4. The van der Waals surface area contributed by atoms with E-state index in [9.17, 15) is 4.79 Å². The van der Waals surface area contributed by atoms with Crippen LogP contribution in [0.2, 0.25) is 5.02 Å². The molecule has 3 atom stereocenters. The Labute approximate surface area is 136 Å². The summed E-state index contributed by atoms with van der Waals surface area (Å²) in [5, 5.41) is 0.727. The molecule has 1 aliphatic heterocycles. The van der Waals surface area contributed by atoms with Gasteiger partial charge in [-0.1, -0.05) is 29.8 Å². The molecule has 2 bridgehead atoms. The van der Waals surface area contributed by atoms with Crippen LogP contribution in [-0.4, -0.2) is 49.3 Å². The number of ether oxygens (including phenoxy) is 2. The molecule has 3 rings (SSSR count). The Bertz CT molecular complexity index is 536. The minimum absolute atomic E-state index is 0.00626. The van der Waals surface area contributed by atoms with Crippen molar-refractivity contribution < 1.29 is 14.3 Å². The molecular formula is C17H22ClNO3. The maximum atomic E-state index is 12.7. The maximum absolute atomic E-state index is 12.7. The van der Waals surface area contributed by atoms with Crippen LogP contribution < -0.4 is 0 Å². The van der Waals surface area contributed by atoms with E-state index in [0.29, 0.717) is 26.0 Å². The zero-order chi connectivity index (χ0) is 15.5. The Hall–Kier alpha value is -1.10. The molecule has 2 fully saturated rings. The van der Waals surface area contributed by atoms with Crippen molar-refractivity contribution in [3.63, 3.8) is 0 Å². The second-order valence-electron chi connectivity index (χ2n) is 5.93. The molecule has 4 nitrogen and oxygen atoms in total. The Balaban J connectivity index is 1.65. The van der Waals surface area contributed by atoms with E-state index in [1.807, 2.05) is 29.2 Å². The highest BCUT2D eigenvalue weighted by Gasteiger charge is 2.43. The van der Waals surface area contributed by atoms with Gasteiger partial charge in [-0.3, -0.25) is 4.79 Å². The second-order valence-corrected chi connectivity index (χ2v) is 6.34. The first-order valence-electron chi connectivity index (χ1n) is 7.88. The molecule has 1 aliphatic carbocycles. The van der Waals surface area contributed by atoms with Gasteiger partial charge in [0.2, 0.25) is 5.91 Å². The van der Waals surface area contributed by atoms with Gasteiger partial charge in [-0.15, -0.1) is 0 Å². The highest BCUT2D eigenvalue weighted by Crippen LogP contribution is 2.32. The van der Waals surface area contributed by atoms with Crippen LogP contribution in [0.4, 0.5) is 0 Å². The fourth-order valence-electron chi connectivity index (χ4n) is 3.60. The largest absolute Gasteiger partial charge is 0.377 e. The number of fused-ring (bicyclic) bond motifs is 2. The van der Waals surface area contributed by atoms with Crippen molar-refractivity contribution in [3.8, 4) is 0 Å². The first kappa shape index (κ1) is 15.8. The first-order valence-corrected chi connectivity index (χ1v) is 8.26. The van der Waals surface area contributed by atoms with E-state index in [1.54, 1.807) is 7.11 Å². The van der Waals surface area contributed by atoms with Gasteiger partial charge in [-0.05, 0) is 30.9 Å². The van der Waals surface area contributed by atoms with E-state index in [-0.39, 0.29) is 24.2 Å². The van der Waals surface area contributed by atoms with Gasteiger partial charge in [0.05, 0.1) is 18.8 Å². The number of aryl methyl sites for hydroxylation is 1. The molecule has 5 heteroatoms. The van der Waals surface area contributed by atoms with E-state index in [1.165, 1.54) is 0 Å². The molecule has 2 aliphatic rings. The van der Waals surface area contributed by atoms with Crippen molar-refractivity contribution in [1.29, 1.82) is 0 Å². The van der Waals surface area contributed by atoms with Crippen LogP contribution in [0.25, 0.3) is 0 Å². The lowest BCUT2D eigenvalue weighted by molar-refractivity contribution is -0.135. The number of rotatable bonds is 4. The predicted molar refractivity (Wildman–Crippen MR) is 85.0 cm³/mol. The number of benzene rings is 1. The summed E-state index contributed by atoms with van der Waals surface area (Å²) in [5.74, 6) is 0.165. The fraction of sp³-hybridized carbons (Fsp3) is 0.588. The Kier molecular flexibility index (Phi) is 5.01. The van der Waals surface area contributed by atoms with Crippen molar-refractivity contribution in [2.75, 3.05) is 20.3 Å². The Morgan fingerprint density at radius 3 is 3.00 bits per heavy atom. The van der Waals surface area contributed by atoms with E-state index < -0.39 is 0 Å². The molecule has 0 spiro atoms. The van der Waals surface area contributed by atoms with Gasteiger partial charge in [0, 0.05) is 25.1 Å². The van der Waals surface area contributed by atoms with Crippen LogP contribution in [0.3, 0.4) is 0 Å². The lowest BCUT2D eigenvalue weighted by Gasteiger charge is -2.30. The maximum Gasteiger partial charge on any atom is 0.223 e. The van der Waals surface area contributed by atoms with Gasteiger partial charge in [-0.2, -0.15) is 0 Å². The minimum atomic E-state index is 0.00626. The van der Waals surface area contributed by atoms with E-state index in [0.717, 1.165) is 23.4 Å². The summed E-state index contributed by atoms with van der Waals surface area (Å²) in [5.41, 5.74) is 1.02. The average Bonchev–Trinajstić information content (AvgIpc) is 2.81. The molecule has 0 radical (unpaired) electrons. The summed E-state index contributed by atoms with van der Waals surface area (Å²) in [4.78, 5) is 14.6. The van der Waals surface area contributed by atoms with E-state index in [4.69, 9.17) is 21.1 Å². The fourth-order valence-corrected chi connectivity index (χ4v) is 3.83. The monoisotopic (exact) mass is 323 g/mol. The van der Waals surface area contributed by atoms with Gasteiger partial charge in [-0.25, -0.2) is 0 Å². The molecule has 120 valence electrons. The molecule has 1 heterocycles. The third kappa shape index (κ3) is 3.14. The predicted octanol–water partition coefficient (Wildman–Crippen LogP) is 2.68. The summed E-state index contributed by atoms with van der Waals surface area (Å²) >= 11 is 6.16. The van der Waals surface area contributed by atoms with E-state index >= 15 is 0 Å². The van der Waals surface area contributed by atoms with Crippen molar-refractivity contribution >= 4 is 17.5 Å². The van der Waals surface area contributed by atoms with Crippen LogP contribution in [0.5, 0.6) is 0 Å². The van der Waals surface area contributed by atoms with E-state index in [2.05, 4.69) is 0 Å². The van der Waals surface area contributed by atoms with Crippen molar-refractivity contribution in [3.05, 3.63) is 34.9 Å². The van der Waals surface area contributed by atoms with Gasteiger partial charge in [0.25, 0.3) is 0 Å². The SMILES string of the molecule is COC1C2CCC1N(C(=O)CCc1ccccc1Cl)CCO2. The number of methoxy groups -OCH3 is 1. The third-order valence-electron chi connectivity index (χ3n) is 4.72. The number of nitrogens with zero attached hydrogens (tertiary/aromatic N) is 1. The summed E-state index contributed by atoms with van der Waals surface area (Å²) in [6, 6.07) is 7.85. The van der Waals surface area contributed by atoms with Gasteiger partial charge < -0.3 is 14.4 Å². The van der Waals surface area contributed by atoms with Crippen molar-refractivity contribution in [2.24, 2.45) is 0 Å². The second kappa shape index (κ2) is 6.99. The summed E-state index contributed by atoms with van der Waals surface area (Å²) in [6.07, 6.45) is 3.21. The van der Waals surface area contributed by atoms with Gasteiger partial charge in [0.1, 0.15) is 6.10 Å². The quantitative estimate of drug-likeness (QED) is 0.855. The van der Waals surface area contributed by atoms with Crippen LogP contribution in [0.1, 0.15) is 24.8 Å². The van der Waals surface area contributed by atoms with Crippen LogP contribution in [-0.2, 0) is 20.7 Å². The topological polar surface area (TPSA) is 38.8 Å². The average molecular weight is 324 g/mol. The number of carbonyl (C=O) groups is 1. The lowest BCUT2D eigenvalue weighted by atomic mass is 10.1. The van der Waals surface area contributed by atoms with Crippen LogP contribution in [0, 0.1) is 0 Å². The molecule has 1 saturated carbocycles. The zero-order valence-electron chi connectivity index (χ0n) is 12.8. The molecule has 1 aromatic rings. The van der Waals surface area contributed by atoms with Crippen LogP contribution in [0.15, 0.2) is 24.3 Å². The molecule has 0 N–H and O–H groups in total. The van der Waals surface area contributed by atoms with Crippen molar-refractivity contribution in [2.45, 2.75) is 43.9 Å². The molecule has 22 heavy (non-hydrogen) atoms. The molecule has 1 saturated heterocycles. The van der Waals surface area contributed by atoms with Gasteiger partial charge in [0.15, 0.2) is 0 Å². The first-order chi connectivity index (χ1) is 10.7. The molecule has 1 amide bonds. The highest BCUT2D eigenvalue weighted by molar-refractivity contribution is 6.31. The van der Waals surface area contributed by atoms with Gasteiger partial charge >= 0.3 is 0 Å². The van der Waals surface area contributed by atoms with Crippen LogP contribution >= 0.6 is 11.6 Å². The highest BCUT2D eigenvalue weighted by atomic mass is 35.5. The third-order valence-corrected chi connectivity index (χ3v) is 5.08. The molecular weight excluding hydrogens is 302 g/mol. The molecule has 3 unspecified atom stereocenters. The molecule has 0 aromatic heterocycles. The zero-order valence-corrected chi connectivity index (χ0v) is 13.6. The van der Waals surface area contributed by atoms with Crippen molar-refractivity contribution in [1.82, 2.24) is 4.90 Å². The number of carbonyl (C=O) groups excluding carboxylic acids is 1.